The van der Waals surface area contributed by atoms with Gasteiger partial charge in [0.05, 0.1) is 4.90 Å². The van der Waals surface area contributed by atoms with E-state index in [4.69, 9.17) is 5.73 Å². The summed E-state index contributed by atoms with van der Waals surface area (Å²) in [6, 6.07) is 9.34. The molecule has 2 aromatic rings. The Kier molecular flexibility index (Phi) is 4.06. The summed E-state index contributed by atoms with van der Waals surface area (Å²) in [5, 5.41) is 0. The molecule has 0 saturated heterocycles. The average molecular weight is 331 g/mol. The molecule has 0 saturated carbocycles. The van der Waals surface area contributed by atoms with Crippen LogP contribution in [0.3, 0.4) is 0 Å². The molecule has 0 spiro atoms. The van der Waals surface area contributed by atoms with Crippen molar-refractivity contribution in [1.82, 2.24) is 0 Å². The summed E-state index contributed by atoms with van der Waals surface area (Å²) in [6.07, 6.45) is -3.75. The standard InChI is InChI=1S/C14H12F3NO3S/c1-22(19,20)11-5-6-12(13(18)8-11)9-3-2-4-10(7-9)21-14(15,16)17/h2-8H,18H2,1H3. The van der Waals surface area contributed by atoms with Crippen molar-refractivity contribution >= 4 is 15.5 Å². The van der Waals surface area contributed by atoms with Gasteiger partial charge in [0.1, 0.15) is 5.75 Å². The summed E-state index contributed by atoms with van der Waals surface area (Å²) in [5.41, 5.74) is 6.75. The molecule has 2 rings (SSSR count). The van der Waals surface area contributed by atoms with E-state index in [0.29, 0.717) is 11.1 Å². The maximum Gasteiger partial charge on any atom is 0.573 e. The van der Waals surface area contributed by atoms with Crippen molar-refractivity contribution in [3.05, 3.63) is 42.5 Å². The number of sulfone groups is 1. The molecule has 0 aliphatic carbocycles. The van der Waals surface area contributed by atoms with Crippen LogP contribution in [0.4, 0.5) is 18.9 Å². The second-order valence-corrected chi connectivity index (χ2v) is 6.61. The highest BCUT2D eigenvalue weighted by Crippen LogP contribution is 2.32. The largest absolute Gasteiger partial charge is 0.573 e. The first-order valence-corrected chi connectivity index (χ1v) is 7.91. The van der Waals surface area contributed by atoms with Crippen molar-refractivity contribution in [1.29, 1.82) is 0 Å². The molecule has 0 fully saturated rings. The molecule has 0 bridgehead atoms. The van der Waals surface area contributed by atoms with Crippen molar-refractivity contribution in [3.8, 4) is 16.9 Å². The van der Waals surface area contributed by atoms with Gasteiger partial charge in [-0.05, 0) is 29.8 Å². The third-order valence-corrected chi connectivity index (χ3v) is 3.94. The van der Waals surface area contributed by atoms with Gasteiger partial charge >= 0.3 is 6.36 Å². The van der Waals surface area contributed by atoms with Crippen LogP contribution >= 0.6 is 0 Å². The zero-order valence-corrected chi connectivity index (χ0v) is 12.2. The third-order valence-electron chi connectivity index (χ3n) is 2.83. The van der Waals surface area contributed by atoms with E-state index in [1.165, 1.54) is 30.3 Å². The molecule has 4 nitrogen and oxygen atoms in total. The van der Waals surface area contributed by atoms with E-state index in [0.717, 1.165) is 12.3 Å². The molecule has 0 aliphatic rings. The van der Waals surface area contributed by atoms with Gasteiger partial charge in [-0.2, -0.15) is 0 Å². The molecular formula is C14H12F3NO3S. The first-order chi connectivity index (χ1) is 10.1. The van der Waals surface area contributed by atoms with Crippen LogP contribution in [0.25, 0.3) is 11.1 Å². The number of rotatable bonds is 3. The highest BCUT2D eigenvalue weighted by Gasteiger charge is 2.31. The minimum Gasteiger partial charge on any atom is -0.406 e. The second-order valence-electron chi connectivity index (χ2n) is 4.60. The van der Waals surface area contributed by atoms with Gasteiger partial charge in [0, 0.05) is 17.5 Å². The van der Waals surface area contributed by atoms with Crippen molar-refractivity contribution in [2.24, 2.45) is 0 Å². The number of halogens is 3. The minimum absolute atomic E-state index is 0.0384. The summed E-state index contributed by atoms with van der Waals surface area (Å²) >= 11 is 0. The molecule has 0 radical (unpaired) electrons. The number of anilines is 1. The van der Waals surface area contributed by atoms with Crippen LogP contribution in [-0.4, -0.2) is 21.0 Å². The zero-order valence-electron chi connectivity index (χ0n) is 11.4. The molecule has 0 atom stereocenters. The maximum absolute atomic E-state index is 12.2. The summed E-state index contributed by atoms with van der Waals surface area (Å²) < 4.78 is 63.4. The molecule has 0 unspecified atom stereocenters. The Labute approximate surface area is 125 Å². The van der Waals surface area contributed by atoms with E-state index in [1.807, 2.05) is 0 Å². The Morgan fingerprint density at radius 2 is 1.77 bits per heavy atom. The molecule has 2 N–H and O–H groups in total. The van der Waals surface area contributed by atoms with Gasteiger partial charge in [-0.3, -0.25) is 0 Å². The van der Waals surface area contributed by atoms with Gasteiger partial charge in [-0.1, -0.05) is 18.2 Å². The van der Waals surface area contributed by atoms with Gasteiger partial charge in [0.15, 0.2) is 9.84 Å². The highest BCUT2D eigenvalue weighted by molar-refractivity contribution is 7.90. The van der Waals surface area contributed by atoms with Gasteiger partial charge < -0.3 is 10.5 Å². The number of hydrogen-bond acceptors (Lipinski definition) is 4. The quantitative estimate of drug-likeness (QED) is 0.877. The normalized spacial score (nSPS) is 12.2. The van der Waals surface area contributed by atoms with E-state index >= 15 is 0 Å². The van der Waals surface area contributed by atoms with Crippen LogP contribution in [0.5, 0.6) is 5.75 Å². The highest BCUT2D eigenvalue weighted by atomic mass is 32.2. The predicted molar refractivity (Wildman–Crippen MR) is 76.1 cm³/mol. The van der Waals surface area contributed by atoms with E-state index in [-0.39, 0.29) is 16.3 Å². The molecule has 118 valence electrons. The molecule has 0 aliphatic heterocycles. The lowest BCUT2D eigenvalue weighted by molar-refractivity contribution is -0.274. The SMILES string of the molecule is CS(=O)(=O)c1ccc(-c2cccc(OC(F)(F)F)c2)c(N)c1. The fourth-order valence-electron chi connectivity index (χ4n) is 1.90. The Morgan fingerprint density at radius 1 is 1.09 bits per heavy atom. The van der Waals surface area contributed by atoms with Gasteiger partial charge in [-0.15, -0.1) is 13.2 Å². The Balaban J connectivity index is 2.43. The lowest BCUT2D eigenvalue weighted by atomic mass is 10.0. The number of hydrogen-bond donors (Lipinski definition) is 1. The molecule has 0 aromatic heterocycles. The minimum atomic E-state index is -4.79. The van der Waals surface area contributed by atoms with E-state index in [2.05, 4.69) is 4.74 Å². The summed E-state index contributed by atoms with van der Waals surface area (Å²) in [5.74, 6) is -0.378. The van der Waals surface area contributed by atoms with Gasteiger partial charge in [0.25, 0.3) is 0 Å². The number of ether oxygens (including phenoxy) is 1. The van der Waals surface area contributed by atoms with Crippen molar-refractivity contribution in [2.45, 2.75) is 11.3 Å². The van der Waals surface area contributed by atoms with Crippen molar-refractivity contribution in [2.75, 3.05) is 12.0 Å². The van der Waals surface area contributed by atoms with Crippen LogP contribution < -0.4 is 10.5 Å². The number of alkyl halides is 3. The van der Waals surface area contributed by atoms with E-state index in [9.17, 15) is 21.6 Å². The lowest BCUT2D eigenvalue weighted by Gasteiger charge is -2.12. The lowest BCUT2D eigenvalue weighted by Crippen LogP contribution is -2.17. The van der Waals surface area contributed by atoms with Crippen LogP contribution in [0.15, 0.2) is 47.4 Å². The van der Waals surface area contributed by atoms with E-state index < -0.39 is 16.2 Å². The molecule has 8 heteroatoms. The fourth-order valence-corrected chi connectivity index (χ4v) is 2.55. The predicted octanol–water partition coefficient (Wildman–Crippen LogP) is 3.24. The van der Waals surface area contributed by atoms with E-state index in [1.54, 1.807) is 6.07 Å². The summed E-state index contributed by atoms with van der Waals surface area (Å²) in [4.78, 5) is 0.0384. The molecule has 2 aromatic carbocycles. The monoisotopic (exact) mass is 331 g/mol. The Bertz CT molecular complexity index is 801. The van der Waals surface area contributed by atoms with Gasteiger partial charge in [-0.25, -0.2) is 8.42 Å². The first-order valence-electron chi connectivity index (χ1n) is 6.02. The Hall–Kier alpha value is -2.22. The third kappa shape index (κ3) is 3.91. The second kappa shape index (κ2) is 5.53. The molecule has 22 heavy (non-hydrogen) atoms. The smallest absolute Gasteiger partial charge is 0.406 e. The van der Waals surface area contributed by atoms with Gasteiger partial charge in [0.2, 0.25) is 0 Å². The molecular weight excluding hydrogens is 319 g/mol. The van der Waals surface area contributed by atoms with Crippen molar-refractivity contribution in [3.63, 3.8) is 0 Å². The summed E-state index contributed by atoms with van der Waals surface area (Å²) in [7, 11) is -3.41. The first kappa shape index (κ1) is 16.2. The van der Waals surface area contributed by atoms with Crippen LogP contribution in [-0.2, 0) is 9.84 Å². The van der Waals surface area contributed by atoms with Crippen LogP contribution in [0, 0.1) is 0 Å². The average Bonchev–Trinajstić information content (AvgIpc) is 2.35. The number of benzene rings is 2. The van der Waals surface area contributed by atoms with Crippen molar-refractivity contribution < 1.29 is 26.3 Å². The molecule has 0 amide bonds. The number of nitrogen functional groups attached to an aromatic ring is 1. The van der Waals surface area contributed by atoms with Crippen LogP contribution in [0.2, 0.25) is 0 Å². The maximum atomic E-state index is 12.2. The topological polar surface area (TPSA) is 69.4 Å². The number of nitrogens with two attached hydrogens (primary N) is 1. The molecule has 0 heterocycles. The fraction of sp³-hybridized carbons (Fsp3) is 0.143. The summed E-state index contributed by atoms with van der Waals surface area (Å²) in [6.45, 7) is 0. The Morgan fingerprint density at radius 3 is 2.32 bits per heavy atom. The zero-order chi connectivity index (χ0) is 16.5. The van der Waals surface area contributed by atoms with Crippen LogP contribution in [0.1, 0.15) is 0 Å².